The van der Waals surface area contributed by atoms with Crippen molar-refractivity contribution in [1.82, 2.24) is 9.97 Å². The molecule has 1 aliphatic carbocycles. The molecule has 0 spiro atoms. The second-order valence-corrected chi connectivity index (χ2v) is 6.19. The third-order valence-electron chi connectivity index (χ3n) is 4.46. The van der Waals surface area contributed by atoms with Crippen molar-refractivity contribution in [3.63, 3.8) is 0 Å². The number of nitrogens with zero attached hydrogens (tertiary/aromatic N) is 2. The van der Waals surface area contributed by atoms with Crippen LogP contribution in [-0.2, 0) is 0 Å². The van der Waals surface area contributed by atoms with E-state index in [1.807, 2.05) is 30.5 Å². The molecule has 3 rings (SSSR count). The molecule has 0 saturated heterocycles. The fourth-order valence-corrected chi connectivity index (χ4v) is 3.35. The number of hydrogen-bond donors (Lipinski definition) is 1. The summed E-state index contributed by atoms with van der Waals surface area (Å²) in [5.74, 6) is 2.39. The first-order valence-corrected chi connectivity index (χ1v) is 7.72. The molecule has 2 unspecified atom stereocenters. The second-order valence-electron chi connectivity index (χ2n) is 6.19. The van der Waals surface area contributed by atoms with Gasteiger partial charge in [0.25, 0.3) is 0 Å². The van der Waals surface area contributed by atoms with E-state index in [1.54, 1.807) is 0 Å². The van der Waals surface area contributed by atoms with Crippen molar-refractivity contribution in [2.45, 2.75) is 45.6 Å². The first-order chi connectivity index (χ1) is 9.74. The molecule has 20 heavy (non-hydrogen) atoms. The Balaban J connectivity index is 1.80. The minimum absolute atomic E-state index is 0.541. The molecular weight excluding hydrogens is 246 g/mol. The van der Waals surface area contributed by atoms with Crippen LogP contribution in [0.15, 0.2) is 30.5 Å². The van der Waals surface area contributed by atoms with Crippen LogP contribution in [0.5, 0.6) is 0 Å². The SMILES string of the molecule is CC(C)C1CCCCC1Nc1cnc2ccccc2n1. The quantitative estimate of drug-likeness (QED) is 0.904. The smallest absolute Gasteiger partial charge is 0.145 e. The van der Waals surface area contributed by atoms with Crippen LogP contribution in [0, 0.1) is 11.8 Å². The average Bonchev–Trinajstić information content (AvgIpc) is 2.47. The summed E-state index contributed by atoms with van der Waals surface area (Å²) in [4.78, 5) is 9.18. The first kappa shape index (κ1) is 13.3. The number of anilines is 1. The van der Waals surface area contributed by atoms with Crippen molar-refractivity contribution < 1.29 is 0 Å². The van der Waals surface area contributed by atoms with E-state index >= 15 is 0 Å². The predicted molar refractivity (Wildman–Crippen MR) is 83.7 cm³/mol. The third-order valence-corrected chi connectivity index (χ3v) is 4.46. The summed E-state index contributed by atoms with van der Waals surface area (Å²) in [5.41, 5.74) is 1.93. The minimum Gasteiger partial charge on any atom is -0.366 e. The van der Waals surface area contributed by atoms with Crippen LogP contribution >= 0.6 is 0 Å². The van der Waals surface area contributed by atoms with Crippen molar-refractivity contribution in [1.29, 1.82) is 0 Å². The fraction of sp³-hybridized carbons (Fsp3) is 0.529. The monoisotopic (exact) mass is 269 g/mol. The molecule has 1 N–H and O–H groups in total. The number of nitrogens with one attached hydrogen (secondary N) is 1. The number of aromatic nitrogens is 2. The molecule has 1 aromatic heterocycles. The number of fused-ring (bicyclic) bond motifs is 1. The summed E-state index contributed by atoms with van der Waals surface area (Å²) in [6.45, 7) is 4.66. The lowest BCUT2D eigenvalue weighted by molar-refractivity contribution is 0.253. The van der Waals surface area contributed by atoms with Gasteiger partial charge in [-0.05, 0) is 36.8 Å². The maximum Gasteiger partial charge on any atom is 0.145 e. The van der Waals surface area contributed by atoms with E-state index < -0.39 is 0 Å². The number of benzene rings is 1. The molecule has 0 amide bonds. The summed E-state index contributed by atoms with van der Waals surface area (Å²) in [6.07, 6.45) is 7.13. The zero-order valence-electron chi connectivity index (χ0n) is 12.3. The Labute approximate surface area is 120 Å². The van der Waals surface area contributed by atoms with E-state index in [1.165, 1.54) is 25.7 Å². The molecule has 0 bridgehead atoms. The van der Waals surface area contributed by atoms with E-state index in [0.29, 0.717) is 6.04 Å². The van der Waals surface area contributed by atoms with E-state index in [-0.39, 0.29) is 0 Å². The molecule has 3 heteroatoms. The van der Waals surface area contributed by atoms with Crippen molar-refractivity contribution in [2.75, 3.05) is 5.32 Å². The number of para-hydroxylation sites is 2. The molecule has 0 aliphatic heterocycles. The van der Waals surface area contributed by atoms with Gasteiger partial charge >= 0.3 is 0 Å². The van der Waals surface area contributed by atoms with Crippen LogP contribution in [0.3, 0.4) is 0 Å². The van der Waals surface area contributed by atoms with Gasteiger partial charge in [0.2, 0.25) is 0 Å². The van der Waals surface area contributed by atoms with Crippen LogP contribution in [0.1, 0.15) is 39.5 Å². The van der Waals surface area contributed by atoms with Crippen molar-refractivity contribution in [3.8, 4) is 0 Å². The van der Waals surface area contributed by atoms with Crippen LogP contribution in [0.25, 0.3) is 11.0 Å². The summed E-state index contributed by atoms with van der Waals surface area (Å²) in [6, 6.07) is 8.58. The molecule has 1 aromatic carbocycles. The van der Waals surface area contributed by atoms with Gasteiger partial charge in [-0.3, -0.25) is 4.98 Å². The molecule has 3 nitrogen and oxygen atoms in total. The predicted octanol–water partition coefficient (Wildman–Crippen LogP) is 4.26. The lowest BCUT2D eigenvalue weighted by atomic mass is 9.78. The Hall–Kier alpha value is -1.64. The van der Waals surface area contributed by atoms with Crippen molar-refractivity contribution in [3.05, 3.63) is 30.5 Å². The maximum atomic E-state index is 4.69. The van der Waals surface area contributed by atoms with E-state index in [9.17, 15) is 0 Å². The summed E-state index contributed by atoms with van der Waals surface area (Å²) in [5, 5.41) is 3.63. The van der Waals surface area contributed by atoms with Crippen molar-refractivity contribution in [2.24, 2.45) is 11.8 Å². The molecular formula is C17H23N3. The van der Waals surface area contributed by atoms with Gasteiger partial charge < -0.3 is 5.32 Å². The highest BCUT2D eigenvalue weighted by Crippen LogP contribution is 2.32. The summed E-state index contributed by atoms with van der Waals surface area (Å²) >= 11 is 0. The first-order valence-electron chi connectivity index (χ1n) is 7.72. The molecule has 106 valence electrons. The molecule has 2 atom stereocenters. The molecule has 1 fully saturated rings. The lowest BCUT2D eigenvalue weighted by Crippen LogP contribution is -2.35. The Morgan fingerprint density at radius 1 is 1.10 bits per heavy atom. The summed E-state index contributed by atoms with van der Waals surface area (Å²) in [7, 11) is 0. The van der Waals surface area contributed by atoms with E-state index in [0.717, 1.165) is 28.7 Å². The molecule has 1 heterocycles. The van der Waals surface area contributed by atoms with E-state index in [4.69, 9.17) is 0 Å². The number of hydrogen-bond acceptors (Lipinski definition) is 3. The van der Waals surface area contributed by atoms with Gasteiger partial charge in [-0.2, -0.15) is 0 Å². The summed E-state index contributed by atoms with van der Waals surface area (Å²) < 4.78 is 0. The molecule has 1 aliphatic rings. The van der Waals surface area contributed by atoms with Gasteiger partial charge in [-0.25, -0.2) is 4.98 Å². The van der Waals surface area contributed by atoms with Gasteiger partial charge in [0.05, 0.1) is 17.2 Å². The van der Waals surface area contributed by atoms with Gasteiger partial charge in [0.15, 0.2) is 0 Å². The van der Waals surface area contributed by atoms with Gasteiger partial charge in [0.1, 0.15) is 5.82 Å². The lowest BCUT2D eigenvalue weighted by Gasteiger charge is -2.35. The fourth-order valence-electron chi connectivity index (χ4n) is 3.35. The van der Waals surface area contributed by atoms with Crippen LogP contribution in [-0.4, -0.2) is 16.0 Å². The van der Waals surface area contributed by atoms with Gasteiger partial charge in [0, 0.05) is 6.04 Å². The van der Waals surface area contributed by atoms with Gasteiger partial charge in [-0.1, -0.05) is 38.8 Å². The van der Waals surface area contributed by atoms with Crippen LogP contribution < -0.4 is 5.32 Å². The molecule has 1 saturated carbocycles. The van der Waals surface area contributed by atoms with Gasteiger partial charge in [-0.15, -0.1) is 0 Å². The Kier molecular flexibility index (Phi) is 3.86. The number of rotatable bonds is 3. The zero-order valence-corrected chi connectivity index (χ0v) is 12.3. The van der Waals surface area contributed by atoms with Crippen LogP contribution in [0.2, 0.25) is 0 Å². The second kappa shape index (κ2) is 5.78. The Morgan fingerprint density at radius 3 is 2.65 bits per heavy atom. The van der Waals surface area contributed by atoms with E-state index in [2.05, 4.69) is 29.1 Å². The normalized spacial score (nSPS) is 23.1. The standard InChI is InChI=1S/C17H23N3/c1-12(2)13-7-3-4-8-14(13)19-17-11-18-15-9-5-6-10-16(15)20-17/h5-6,9-14H,3-4,7-8H2,1-2H3,(H,19,20). The third kappa shape index (κ3) is 2.77. The highest BCUT2D eigenvalue weighted by Gasteiger charge is 2.27. The zero-order chi connectivity index (χ0) is 13.9. The molecule has 2 aromatic rings. The highest BCUT2D eigenvalue weighted by atomic mass is 15.0. The van der Waals surface area contributed by atoms with Crippen LogP contribution in [0.4, 0.5) is 5.82 Å². The average molecular weight is 269 g/mol. The Morgan fingerprint density at radius 2 is 1.85 bits per heavy atom. The van der Waals surface area contributed by atoms with Crippen molar-refractivity contribution >= 4 is 16.9 Å². The molecule has 0 radical (unpaired) electrons. The topological polar surface area (TPSA) is 37.8 Å². The largest absolute Gasteiger partial charge is 0.366 e. The highest BCUT2D eigenvalue weighted by molar-refractivity contribution is 5.75. The minimum atomic E-state index is 0.541. The Bertz CT molecular complexity index is 579. The maximum absolute atomic E-state index is 4.69.